The Morgan fingerprint density at radius 3 is 2.00 bits per heavy atom. The summed E-state index contributed by atoms with van der Waals surface area (Å²) in [6, 6.07) is 14.9. The molecular formula is C27H26N2O7. The van der Waals surface area contributed by atoms with Crippen LogP contribution in [-0.2, 0) is 4.79 Å². The molecule has 0 atom stereocenters. The normalized spacial score (nSPS) is 10.9. The number of non-ortho nitro benzene ring substituents is 1. The number of benzene rings is 3. The molecule has 0 unspecified atom stereocenters. The van der Waals surface area contributed by atoms with E-state index in [4.69, 9.17) is 18.9 Å². The fourth-order valence-electron chi connectivity index (χ4n) is 3.42. The summed E-state index contributed by atoms with van der Waals surface area (Å²) < 4.78 is 21.6. The summed E-state index contributed by atoms with van der Waals surface area (Å²) in [6.45, 7) is 0. The Morgan fingerprint density at radius 2 is 1.44 bits per heavy atom. The molecule has 0 saturated heterocycles. The van der Waals surface area contributed by atoms with Gasteiger partial charge < -0.3 is 24.3 Å². The van der Waals surface area contributed by atoms with Gasteiger partial charge in [0.05, 0.1) is 39.0 Å². The predicted octanol–water partition coefficient (Wildman–Crippen LogP) is 5.45. The van der Waals surface area contributed by atoms with Crippen molar-refractivity contribution < 1.29 is 28.7 Å². The van der Waals surface area contributed by atoms with E-state index >= 15 is 0 Å². The number of para-hydroxylation sites is 1. The van der Waals surface area contributed by atoms with E-state index in [1.54, 1.807) is 38.5 Å². The Balaban J connectivity index is 1.86. The first-order valence-electron chi connectivity index (χ1n) is 10.8. The van der Waals surface area contributed by atoms with Crippen molar-refractivity contribution in [3.63, 3.8) is 0 Å². The molecule has 3 aromatic carbocycles. The molecule has 36 heavy (non-hydrogen) atoms. The molecule has 1 amide bonds. The minimum absolute atomic E-state index is 0.0193. The van der Waals surface area contributed by atoms with Crippen LogP contribution in [0, 0.1) is 10.1 Å². The van der Waals surface area contributed by atoms with Gasteiger partial charge in [-0.15, -0.1) is 0 Å². The van der Waals surface area contributed by atoms with E-state index in [2.05, 4.69) is 5.32 Å². The molecule has 3 rings (SSSR count). The Morgan fingerprint density at radius 1 is 0.806 bits per heavy atom. The number of anilines is 1. The third kappa shape index (κ3) is 6.20. The van der Waals surface area contributed by atoms with Gasteiger partial charge in [0.15, 0.2) is 11.5 Å². The van der Waals surface area contributed by atoms with Crippen molar-refractivity contribution in [3.8, 4) is 23.0 Å². The summed E-state index contributed by atoms with van der Waals surface area (Å²) in [7, 11) is 6.15. The molecule has 0 aliphatic heterocycles. The van der Waals surface area contributed by atoms with E-state index in [1.807, 2.05) is 36.4 Å². The highest BCUT2D eigenvalue weighted by atomic mass is 16.6. The van der Waals surface area contributed by atoms with Crippen molar-refractivity contribution in [1.29, 1.82) is 0 Å². The highest BCUT2D eigenvalue weighted by Crippen LogP contribution is 2.39. The maximum atomic E-state index is 12.7. The van der Waals surface area contributed by atoms with Gasteiger partial charge >= 0.3 is 0 Å². The van der Waals surface area contributed by atoms with Gasteiger partial charge in [0.2, 0.25) is 11.7 Å². The monoisotopic (exact) mass is 490 g/mol. The van der Waals surface area contributed by atoms with Crippen LogP contribution in [-0.4, -0.2) is 39.3 Å². The molecule has 1 N–H and O–H groups in total. The third-order valence-electron chi connectivity index (χ3n) is 5.20. The van der Waals surface area contributed by atoms with Crippen LogP contribution in [0.1, 0.15) is 16.7 Å². The van der Waals surface area contributed by atoms with Crippen LogP contribution in [0.3, 0.4) is 0 Å². The van der Waals surface area contributed by atoms with Crippen molar-refractivity contribution in [1.82, 2.24) is 0 Å². The largest absolute Gasteiger partial charge is 0.495 e. The van der Waals surface area contributed by atoms with E-state index in [0.29, 0.717) is 39.8 Å². The Bertz CT molecular complexity index is 1270. The molecular weight excluding hydrogens is 464 g/mol. The van der Waals surface area contributed by atoms with Crippen LogP contribution in [0.5, 0.6) is 23.0 Å². The SMILES string of the molecule is COc1cccc(/C=C/c2cc(OC)c(OC)c(OC)c2)c1NC(=O)/C=C/c1ccc([N+](=O)[O-])cc1. The third-order valence-corrected chi connectivity index (χ3v) is 5.20. The summed E-state index contributed by atoms with van der Waals surface area (Å²) in [5.41, 5.74) is 2.62. The summed E-state index contributed by atoms with van der Waals surface area (Å²) in [6.07, 6.45) is 6.60. The molecule has 0 bridgehead atoms. The van der Waals surface area contributed by atoms with Crippen molar-refractivity contribution in [2.75, 3.05) is 33.8 Å². The van der Waals surface area contributed by atoms with Crippen LogP contribution in [0.2, 0.25) is 0 Å². The molecule has 0 spiro atoms. The van der Waals surface area contributed by atoms with Crippen LogP contribution >= 0.6 is 0 Å². The second-order valence-electron chi connectivity index (χ2n) is 7.39. The second-order valence-corrected chi connectivity index (χ2v) is 7.39. The molecule has 3 aromatic rings. The zero-order valence-corrected chi connectivity index (χ0v) is 20.3. The number of amides is 1. The number of nitrogens with one attached hydrogen (secondary N) is 1. The van der Waals surface area contributed by atoms with Crippen molar-refractivity contribution >= 4 is 35.5 Å². The van der Waals surface area contributed by atoms with E-state index in [9.17, 15) is 14.9 Å². The van der Waals surface area contributed by atoms with Gasteiger partial charge in [-0.25, -0.2) is 0 Å². The van der Waals surface area contributed by atoms with Gasteiger partial charge in [-0.2, -0.15) is 0 Å². The van der Waals surface area contributed by atoms with Gasteiger partial charge in [0.25, 0.3) is 5.69 Å². The molecule has 0 aliphatic carbocycles. The first kappa shape index (κ1) is 25.8. The van der Waals surface area contributed by atoms with Crippen LogP contribution in [0.4, 0.5) is 11.4 Å². The van der Waals surface area contributed by atoms with E-state index in [0.717, 1.165) is 5.56 Å². The lowest BCUT2D eigenvalue weighted by atomic mass is 10.1. The van der Waals surface area contributed by atoms with E-state index in [1.165, 1.54) is 32.4 Å². The number of carbonyl (C=O) groups excluding carboxylic acids is 1. The van der Waals surface area contributed by atoms with Gasteiger partial charge in [-0.05, 0) is 47.5 Å². The number of rotatable bonds is 10. The number of nitrogens with zero attached hydrogens (tertiary/aromatic N) is 1. The van der Waals surface area contributed by atoms with Crippen LogP contribution in [0.15, 0.2) is 60.7 Å². The van der Waals surface area contributed by atoms with Crippen molar-refractivity contribution in [2.24, 2.45) is 0 Å². The molecule has 0 aliphatic rings. The number of nitro benzene ring substituents is 1. The summed E-state index contributed by atoms with van der Waals surface area (Å²) in [5, 5.41) is 13.6. The Labute approximate surface area is 208 Å². The van der Waals surface area contributed by atoms with Crippen molar-refractivity contribution in [3.05, 3.63) is 87.5 Å². The molecule has 0 aromatic heterocycles. The first-order valence-corrected chi connectivity index (χ1v) is 10.8. The number of ether oxygens (including phenoxy) is 4. The van der Waals surface area contributed by atoms with Gasteiger partial charge in [-0.3, -0.25) is 14.9 Å². The second kappa shape index (κ2) is 12.1. The predicted molar refractivity (Wildman–Crippen MR) is 139 cm³/mol. The highest BCUT2D eigenvalue weighted by molar-refractivity contribution is 6.04. The number of nitro groups is 1. The number of hydrogen-bond acceptors (Lipinski definition) is 7. The molecule has 0 saturated carbocycles. The molecule has 0 heterocycles. The number of methoxy groups -OCH3 is 4. The van der Waals surface area contributed by atoms with Crippen molar-refractivity contribution in [2.45, 2.75) is 0 Å². The van der Waals surface area contributed by atoms with Gasteiger partial charge in [0.1, 0.15) is 5.75 Å². The van der Waals surface area contributed by atoms with Gasteiger partial charge in [0, 0.05) is 23.8 Å². The minimum Gasteiger partial charge on any atom is -0.495 e. The lowest BCUT2D eigenvalue weighted by molar-refractivity contribution is -0.384. The maximum Gasteiger partial charge on any atom is 0.269 e. The zero-order valence-electron chi connectivity index (χ0n) is 20.3. The minimum atomic E-state index is -0.477. The molecule has 0 fully saturated rings. The maximum absolute atomic E-state index is 12.7. The standard InChI is InChI=1S/C27H26N2O7/c1-33-22-7-5-6-20(12-8-19-16-23(34-2)27(36-4)24(17-19)35-3)26(22)28-25(30)15-11-18-9-13-21(14-10-18)29(31)32/h5-17H,1-4H3,(H,28,30)/b12-8+,15-11+. The molecule has 9 nitrogen and oxygen atoms in total. The van der Waals surface area contributed by atoms with Crippen LogP contribution in [0.25, 0.3) is 18.2 Å². The smallest absolute Gasteiger partial charge is 0.269 e. The van der Waals surface area contributed by atoms with E-state index in [-0.39, 0.29) is 11.6 Å². The lowest BCUT2D eigenvalue weighted by Gasteiger charge is -2.13. The number of hydrogen-bond donors (Lipinski definition) is 1. The number of carbonyl (C=O) groups is 1. The summed E-state index contributed by atoms with van der Waals surface area (Å²) in [5.74, 6) is 1.63. The zero-order chi connectivity index (χ0) is 26.1. The average Bonchev–Trinajstić information content (AvgIpc) is 2.90. The quantitative estimate of drug-likeness (QED) is 0.174. The molecule has 0 radical (unpaired) electrons. The molecule has 186 valence electrons. The lowest BCUT2D eigenvalue weighted by Crippen LogP contribution is -2.10. The highest BCUT2D eigenvalue weighted by Gasteiger charge is 2.13. The van der Waals surface area contributed by atoms with Crippen LogP contribution < -0.4 is 24.3 Å². The fourth-order valence-corrected chi connectivity index (χ4v) is 3.42. The summed E-state index contributed by atoms with van der Waals surface area (Å²) in [4.78, 5) is 23.0. The molecule has 9 heteroatoms. The summed E-state index contributed by atoms with van der Waals surface area (Å²) >= 11 is 0. The first-order chi connectivity index (χ1) is 17.4. The Hall–Kier alpha value is -4.79. The van der Waals surface area contributed by atoms with Gasteiger partial charge in [-0.1, -0.05) is 24.3 Å². The topological polar surface area (TPSA) is 109 Å². The average molecular weight is 491 g/mol. The Kier molecular flexibility index (Phi) is 8.66. The van der Waals surface area contributed by atoms with E-state index < -0.39 is 4.92 Å². The fraction of sp³-hybridized carbons (Fsp3) is 0.148.